The normalized spacial score (nSPS) is 14.4. The molecule has 0 aromatic carbocycles. The topological polar surface area (TPSA) is 63.3 Å². The lowest BCUT2D eigenvalue weighted by atomic mass is 10.1. The van der Waals surface area contributed by atoms with Crippen molar-refractivity contribution in [1.29, 1.82) is 0 Å². The number of rotatable bonds is 7. The lowest BCUT2D eigenvalue weighted by Gasteiger charge is -2.14. The summed E-state index contributed by atoms with van der Waals surface area (Å²) in [6.07, 6.45) is 8.29. The molecule has 7 heteroatoms. The molecule has 3 aromatic heterocycles. The second-order valence-corrected chi connectivity index (χ2v) is 8.82. The number of aryl methyl sites for hydroxylation is 2. The molecule has 28 heavy (non-hydrogen) atoms. The van der Waals surface area contributed by atoms with E-state index in [-0.39, 0.29) is 5.56 Å². The molecule has 3 heterocycles. The van der Waals surface area contributed by atoms with Gasteiger partial charge in [-0.2, -0.15) is 0 Å². The molecule has 4 rings (SSSR count). The molecule has 0 fully saturated rings. The number of hydrogen-bond donors (Lipinski definition) is 1. The van der Waals surface area contributed by atoms with Crippen LogP contribution in [0.3, 0.4) is 0 Å². The van der Waals surface area contributed by atoms with Gasteiger partial charge in [0.2, 0.25) is 5.95 Å². The van der Waals surface area contributed by atoms with Crippen LogP contribution in [0.15, 0.2) is 27.6 Å². The van der Waals surface area contributed by atoms with Gasteiger partial charge in [-0.15, -0.1) is 11.3 Å². The Labute approximate surface area is 169 Å². The van der Waals surface area contributed by atoms with E-state index in [9.17, 15) is 4.79 Å². The molecule has 1 aliphatic rings. The fourth-order valence-electron chi connectivity index (χ4n) is 3.85. The summed E-state index contributed by atoms with van der Waals surface area (Å²) < 4.78 is 7.26. The summed E-state index contributed by atoms with van der Waals surface area (Å²) in [5.41, 5.74) is 1.29. The fourth-order valence-corrected chi connectivity index (χ4v) is 5.10. The van der Waals surface area contributed by atoms with Gasteiger partial charge in [0.1, 0.15) is 10.6 Å². The Morgan fingerprint density at radius 2 is 2.14 bits per heavy atom. The Kier molecular flexibility index (Phi) is 5.82. The molecular weight excluding hydrogens is 372 g/mol. The molecule has 0 aliphatic heterocycles. The van der Waals surface area contributed by atoms with Gasteiger partial charge in [0.25, 0.3) is 5.56 Å². The molecule has 1 N–H and O–H groups in total. The van der Waals surface area contributed by atoms with Crippen LogP contribution < -0.4 is 10.9 Å². The number of furan rings is 1. The number of anilines is 1. The van der Waals surface area contributed by atoms with Crippen molar-refractivity contribution >= 4 is 27.5 Å². The lowest BCUT2D eigenvalue weighted by Crippen LogP contribution is -2.26. The van der Waals surface area contributed by atoms with Gasteiger partial charge in [-0.25, -0.2) is 4.98 Å². The number of thiophene rings is 1. The Bertz CT molecular complexity index is 988. The van der Waals surface area contributed by atoms with Crippen LogP contribution >= 0.6 is 11.3 Å². The molecule has 0 saturated carbocycles. The van der Waals surface area contributed by atoms with Crippen LogP contribution in [0.4, 0.5) is 5.95 Å². The molecule has 0 bridgehead atoms. The monoisotopic (exact) mass is 400 g/mol. The predicted octanol–water partition coefficient (Wildman–Crippen LogP) is 3.73. The molecular formula is C21H28N4O2S. The van der Waals surface area contributed by atoms with E-state index in [0.717, 1.165) is 54.7 Å². The van der Waals surface area contributed by atoms with E-state index in [2.05, 4.69) is 24.3 Å². The summed E-state index contributed by atoms with van der Waals surface area (Å²) >= 11 is 1.71. The minimum absolute atomic E-state index is 0.0518. The van der Waals surface area contributed by atoms with Crippen molar-refractivity contribution in [3.8, 4) is 0 Å². The van der Waals surface area contributed by atoms with Crippen LogP contribution in [-0.2, 0) is 19.4 Å². The van der Waals surface area contributed by atoms with Crippen LogP contribution in [0, 0.1) is 0 Å². The molecule has 0 saturated heterocycles. The highest BCUT2D eigenvalue weighted by molar-refractivity contribution is 7.18. The first-order chi connectivity index (χ1) is 13.6. The van der Waals surface area contributed by atoms with Crippen molar-refractivity contribution in [2.45, 2.75) is 45.1 Å². The van der Waals surface area contributed by atoms with Gasteiger partial charge in [0.05, 0.1) is 18.2 Å². The van der Waals surface area contributed by atoms with Crippen LogP contribution in [-0.4, -0.2) is 41.6 Å². The van der Waals surface area contributed by atoms with Gasteiger partial charge in [-0.05, 0) is 70.4 Å². The van der Waals surface area contributed by atoms with Crippen molar-refractivity contribution in [1.82, 2.24) is 14.5 Å². The van der Waals surface area contributed by atoms with E-state index >= 15 is 0 Å². The maximum absolute atomic E-state index is 13.5. The number of nitrogens with one attached hydrogen (secondary N) is 1. The van der Waals surface area contributed by atoms with Crippen LogP contribution in [0.2, 0.25) is 0 Å². The van der Waals surface area contributed by atoms with Gasteiger partial charge in [-0.1, -0.05) is 6.42 Å². The number of aromatic nitrogens is 2. The van der Waals surface area contributed by atoms with Gasteiger partial charge >= 0.3 is 0 Å². The van der Waals surface area contributed by atoms with Crippen molar-refractivity contribution in [3.05, 3.63) is 45.0 Å². The van der Waals surface area contributed by atoms with Gasteiger partial charge in [0, 0.05) is 11.4 Å². The van der Waals surface area contributed by atoms with E-state index in [0.29, 0.717) is 12.5 Å². The minimum atomic E-state index is 0.0518. The van der Waals surface area contributed by atoms with Gasteiger partial charge < -0.3 is 14.6 Å². The van der Waals surface area contributed by atoms with Crippen LogP contribution in [0.1, 0.15) is 41.9 Å². The predicted molar refractivity (Wildman–Crippen MR) is 115 cm³/mol. The maximum Gasteiger partial charge on any atom is 0.264 e. The van der Waals surface area contributed by atoms with E-state index in [4.69, 9.17) is 9.40 Å². The van der Waals surface area contributed by atoms with Crippen molar-refractivity contribution in [2.24, 2.45) is 0 Å². The smallest absolute Gasteiger partial charge is 0.264 e. The molecule has 0 unspecified atom stereocenters. The maximum atomic E-state index is 13.5. The third-order valence-corrected chi connectivity index (χ3v) is 6.47. The van der Waals surface area contributed by atoms with E-state index in [1.54, 1.807) is 22.2 Å². The van der Waals surface area contributed by atoms with Gasteiger partial charge in [-0.3, -0.25) is 9.36 Å². The summed E-state index contributed by atoms with van der Waals surface area (Å²) in [6.45, 7) is 2.17. The molecule has 150 valence electrons. The number of nitrogens with zero attached hydrogens (tertiary/aromatic N) is 3. The Morgan fingerprint density at radius 1 is 1.29 bits per heavy atom. The first-order valence-electron chi connectivity index (χ1n) is 10.1. The van der Waals surface area contributed by atoms with Crippen molar-refractivity contribution < 1.29 is 4.42 Å². The second-order valence-electron chi connectivity index (χ2n) is 7.73. The van der Waals surface area contributed by atoms with Crippen molar-refractivity contribution in [3.63, 3.8) is 0 Å². The standard InChI is InChI=1S/C21H28N4O2S/c1-24(2)12-7-11-22-21-23-19-18(16-9-4-3-5-10-17(16)28-19)20(26)25(21)14-15-8-6-13-27-15/h6,8,13H,3-5,7,9-12,14H2,1-2H3,(H,22,23). The van der Waals surface area contributed by atoms with E-state index in [1.165, 1.54) is 23.3 Å². The van der Waals surface area contributed by atoms with E-state index < -0.39 is 0 Å². The average molecular weight is 401 g/mol. The Morgan fingerprint density at radius 3 is 2.93 bits per heavy atom. The first-order valence-corrected chi connectivity index (χ1v) is 10.9. The number of hydrogen-bond acceptors (Lipinski definition) is 6. The number of fused-ring (bicyclic) bond motifs is 3. The van der Waals surface area contributed by atoms with Crippen LogP contribution in [0.5, 0.6) is 0 Å². The largest absolute Gasteiger partial charge is 0.467 e. The highest BCUT2D eigenvalue weighted by atomic mass is 32.1. The molecule has 3 aromatic rings. The van der Waals surface area contributed by atoms with Crippen LogP contribution in [0.25, 0.3) is 10.2 Å². The fraction of sp³-hybridized carbons (Fsp3) is 0.524. The summed E-state index contributed by atoms with van der Waals surface area (Å²) in [6, 6.07) is 3.76. The average Bonchev–Trinajstić information content (AvgIpc) is 3.23. The third kappa shape index (κ3) is 4.00. The minimum Gasteiger partial charge on any atom is -0.467 e. The van der Waals surface area contributed by atoms with Gasteiger partial charge in [0.15, 0.2) is 0 Å². The zero-order valence-corrected chi connectivity index (χ0v) is 17.5. The SMILES string of the molecule is CN(C)CCCNc1nc2sc3c(c2c(=O)n1Cc1ccco1)CCCCC3. The zero-order chi connectivity index (χ0) is 19.5. The zero-order valence-electron chi connectivity index (χ0n) is 16.7. The first kappa shape index (κ1) is 19.2. The molecule has 0 amide bonds. The van der Waals surface area contributed by atoms with E-state index in [1.807, 2.05) is 12.1 Å². The Balaban J connectivity index is 1.74. The third-order valence-electron chi connectivity index (χ3n) is 5.28. The molecule has 0 radical (unpaired) electrons. The highest BCUT2D eigenvalue weighted by Gasteiger charge is 2.21. The quantitative estimate of drug-likeness (QED) is 0.484. The Hall–Kier alpha value is -2.12. The summed E-state index contributed by atoms with van der Waals surface area (Å²) in [7, 11) is 4.13. The summed E-state index contributed by atoms with van der Waals surface area (Å²) in [5, 5.41) is 4.22. The lowest BCUT2D eigenvalue weighted by molar-refractivity contribution is 0.405. The second kappa shape index (κ2) is 8.49. The molecule has 1 aliphatic carbocycles. The van der Waals surface area contributed by atoms with Crippen molar-refractivity contribution in [2.75, 3.05) is 32.5 Å². The summed E-state index contributed by atoms with van der Waals surface area (Å²) in [4.78, 5) is 22.8. The highest BCUT2D eigenvalue weighted by Crippen LogP contribution is 2.33. The molecule has 6 nitrogen and oxygen atoms in total. The summed E-state index contributed by atoms with van der Waals surface area (Å²) in [5.74, 6) is 1.41. The molecule has 0 atom stereocenters. The molecule has 0 spiro atoms.